The number of aliphatic hydroxyl groups excluding tert-OH is 1. The normalized spacial score (nSPS) is 22.8. The van der Waals surface area contributed by atoms with Crippen molar-refractivity contribution in [3.05, 3.63) is 53.9 Å². The van der Waals surface area contributed by atoms with Gasteiger partial charge in [0, 0.05) is 25.7 Å². The highest BCUT2D eigenvalue weighted by atomic mass is 19.1. The second-order valence-electron chi connectivity index (χ2n) is 7.22. The van der Waals surface area contributed by atoms with Gasteiger partial charge in [-0.2, -0.15) is 0 Å². The van der Waals surface area contributed by atoms with E-state index in [-0.39, 0.29) is 5.75 Å². The lowest BCUT2D eigenvalue weighted by Gasteiger charge is -2.20. The molecule has 3 atom stereocenters. The van der Waals surface area contributed by atoms with Crippen molar-refractivity contribution < 1.29 is 24.1 Å². The summed E-state index contributed by atoms with van der Waals surface area (Å²) in [5.74, 6) is -0.312. The van der Waals surface area contributed by atoms with Gasteiger partial charge in [-0.05, 0) is 48.9 Å². The molecule has 2 fully saturated rings. The van der Waals surface area contributed by atoms with Gasteiger partial charge in [0.15, 0.2) is 11.6 Å². The molecule has 0 bridgehead atoms. The van der Waals surface area contributed by atoms with Gasteiger partial charge in [-0.15, -0.1) is 0 Å². The van der Waals surface area contributed by atoms with Crippen molar-refractivity contribution >= 4 is 0 Å². The first-order chi connectivity index (χ1) is 12.9. The van der Waals surface area contributed by atoms with Crippen molar-refractivity contribution in [2.24, 2.45) is 11.8 Å². The van der Waals surface area contributed by atoms with E-state index < -0.39 is 23.5 Å². The number of aromatic hydroxyl groups is 2. The number of benzene rings is 1. The maximum atomic E-state index is 12.1. The third kappa shape index (κ3) is 5.14. The number of β-amino-alcohol motifs (C(OH)–C–C–N with tert-alkyl or cyclic N) is 1. The molecular formula is C20H24F2N2O3. The molecule has 146 valence electrons. The topological polar surface area (TPSA) is 76.8 Å². The van der Waals surface area contributed by atoms with Crippen molar-refractivity contribution in [1.82, 2.24) is 9.88 Å². The Morgan fingerprint density at radius 3 is 2.33 bits per heavy atom. The maximum absolute atomic E-state index is 12.1. The van der Waals surface area contributed by atoms with Gasteiger partial charge >= 0.3 is 0 Å². The van der Waals surface area contributed by atoms with Crippen LogP contribution < -0.4 is 0 Å². The molecule has 2 aromatic rings. The molecule has 1 aromatic heterocycles. The number of rotatable bonds is 3. The van der Waals surface area contributed by atoms with Gasteiger partial charge in [0.05, 0.1) is 11.9 Å². The van der Waals surface area contributed by atoms with Crippen molar-refractivity contribution in [2.75, 3.05) is 19.6 Å². The molecule has 0 radical (unpaired) electrons. The highest BCUT2D eigenvalue weighted by Crippen LogP contribution is 2.38. The van der Waals surface area contributed by atoms with Gasteiger partial charge in [0.2, 0.25) is 0 Å². The summed E-state index contributed by atoms with van der Waals surface area (Å²) in [5, 5.41) is 27.8. The number of halogens is 2. The molecule has 3 N–H and O–H groups in total. The van der Waals surface area contributed by atoms with Crippen LogP contribution in [0.1, 0.15) is 31.1 Å². The molecule has 27 heavy (non-hydrogen) atoms. The Bertz CT molecular complexity index is 745. The van der Waals surface area contributed by atoms with Crippen molar-refractivity contribution in [2.45, 2.75) is 25.4 Å². The monoisotopic (exact) mass is 378 g/mol. The number of phenols is 1. The van der Waals surface area contributed by atoms with Crippen LogP contribution in [0, 0.1) is 23.5 Å². The Morgan fingerprint density at radius 1 is 1.07 bits per heavy atom. The number of aromatic nitrogens is 1. The van der Waals surface area contributed by atoms with Gasteiger partial charge in [-0.3, -0.25) is 9.88 Å². The molecular weight excluding hydrogens is 354 g/mol. The zero-order valence-electron chi connectivity index (χ0n) is 14.9. The van der Waals surface area contributed by atoms with E-state index in [2.05, 4.69) is 9.88 Å². The Kier molecular flexibility index (Phi) is 6.23. The largest absolute Gasteiger partial charge is 0.506 e. The van der Waals surface area contributed by atoms with E-state index in [0.29, 0.717) is 18.3 Å². The maximum Gasteiger partial charge on any atom is 0.167 e. The minimum atomic E-state index is -0.935. The first-order valence-electron chi connectivity index (χ1n) is 9.11. The predicted octanol–water partition coefficient (Wildman–Crippen LogP) is 3.22. The zero-order chi connectivity index (χ0) is 19.4. The molecule has 7 heteroatoms. The summed E-state index contributed by atoms with van der Waals surface area (Å²) in [6.07, 6.45) is 4.93. The van der Waals surface area contributed by atoms with Gasteiger partial charge < -0.3 is 15.3 Å². The number of phenolic OH excluding ortho intramolecular Hbond substituents is 1. The van der Waals surface area contributed by atoms with Crippen LogP contribution in [-0.4, -0.2) is 44.8 Å². The standard InChI is InChI=1S/C14H20N2O2.C6H4F2O/c17-12-4-5-13(15-6-12)14(18)9-16-7-10-2-1-3-11(10)8-16;7-4-1-2-6(9)5(8)3-4/h4-6,10-11,14,17-18H,1-3,7-9H2;1-3,9H/t10-,11+,14?;. The summed E-state index contributed by atoms with van der Waals surface area (Å²) in [6.45, 7) is 2.91. The van der Waals surface area contributed by atoms with E-state index in [1.807, 2.05) is 0 Å². The predicted molar refractivity (Wildman–Crippen MR) is 96.2 cm³/mol. The van der Waals surface area contributed by atoms with Crippen LogP contribution in [0.3, 0.4) is 0 Å². The van der Waals surface area contributed by atoms with Gasteiger partial charge in [0.1, 0.15) is 17.7 Å². The Morgan fingerprint density at radius 2 is 1.78 bits per heavy atom. The summed E-state index contributed by atoms with van der Waals surface area (Å²) in [5.41, 5.74) is 0.643. The lowest BCUT2D eigenvalue weighted by Crippen LogP contribution is -2.27. The fraction of sp³-hybridized carbons (Fsp3) is 0.450. The van der Waals surface area contributed by atoms with Crippen LogP contribution in [0.2, 0.25) is 0 Å². The number of likely N-dealkylation sites (tertiary alicyclic amines) is 1. The van der Waals surface area contributed by atoms with Crippen LogP contribution in [0.25, 0.3) is 0 Å². The van der Waals surface area contributed by atoms with Crippen molar-refractivity contribution in [3.8, 4) is 11.5 Å². The molecule has 4 rings (SSSR count). The van der Waals surface area contributed by atoms with E-state index >= 15 is 0 Å². The Labute approximate surface area is 156 Å². The van der Waals surface area contributed by atoms with Gasteiger partial charge in [-0.1, -0.05) is 6.42 Å². The summed E-state index contributed by atoms with van der Waals surface area (Å²) < 4.78 is 24.1. The number of fused-ring (bicyclic) bond motifs is 1. The zero-order valence-corrected chi connectivity index (χ0v) is 14.9. The quantitative estimate of drug-likeness (QED) is 0.765. The lowest BCUT2D eigenvalue weighted by molar-refractivity contribution is 0.118. The first-order valence-corrected chi connectivity index (χ1v) is 9.11. The molecule has 1 saturated carbocycles. The molecule has 2 heterocycles. The minimum absolute atomic E-state index is 0.140. The summed E-state index contributed by atoms with van der Waals surface area (Å²) >= 11 is 0. The van der Waals surface area contributed by atoms with E-state index in [9.17, 15) is 19.0 Å². The lowest BCUT2D eigenvalue weighted by atomic mass is 10.0. The van der Waals surface area contributed by atoms with Gasteiger partial charge in [-0.25, -0.2) is 8.78 Å². The molecule has 5 nitrogen and oxygen atoms in total. The SMILES string of the molecule is Oc1ccc(C(O)CN2C[C@H]3CCC[C@H]3C2)nc1.Oc1ccc(F)cc1F. The summed E-state index contributed by atoms with van der Waals surface area (Å²) in [6, 6.07) is 5.83. The molecule has 1 saturated heterocycles. The number of hydrogen-bond donors (Lipinski definition) is 3. The van der Waals surface area contributed by atoms with Crippen LogP contribution >= 0.6 is 0 Å². The minimum Gasteiger partial charge on any atom is -0.506 e. The fourth-order valence-electron chi connectivity index (χ4n) is 3.90. The van der Waals surface area contributed by atoms with Crippen LogP contribution in [0.15, 0.2) is 36.5 Å². The number of aliphatic hydroxyl groups is 1. The Hall–Kier alpha value is -2.25. The second-order valence-corrected chi connectivity index (χ2v) is 7.22. The van der Waals surface area contributed by atoms with Crippen molar-refractivity contribution in [3.63, 3.8) is 0 Å². The van der Waals surface area contributed by atoms with E-state index in [1.165, 1.54) is 25.5 Å². The van der Waals surface area contributed by atoms with Crippen LogP contribution in [0.4, 0.5) is 8.78 Å². The van der Waals surface area contributed by atoms with Gasteiger partial charge in [0.25, 0.3) is 0 Å². The van der Waals surface area contributed by atoms with Crippen LogP contribution in [0.5, 0.6) is 11.5 Å². The van der Waals surface area contributed by atoms with Crippen molar-refractivity contribution in [1.29, 1.82) is 0 Å². The van der Waals surface area contributed by atoms with E-state index in [4.69, 9.17) is 5.11 Å². The second kappa shape index (κ2) is 8.63. The third-order valence-electron chi connectivity index (χ3n) is 5.25. The Balaban J connectivity index is 0.000000197. The molecule has 2 aliphatic rings. The molecule has 1 aliphatic heterocycles. The average molecular weight is 378 g/mol. The molecule has 1 aromatic carbocycles. The van der Waals surface area contributed by atoms with Crippen LogP contribution in [-0.2, 0) is 0 Å². The molecule has 0 spiro atoms. The molecule has 1 aliphatic carbocycles. The van der Waals surface area contributed by atoms with E-state index in [1.54, 1.807) is 12.1 Å². The molecule has 1 unspecified atom stereocenters. The highest BCUT2D eigenvalue weighted by Gasteiger charge is 2.36. The number of pyridine rings is 1. The number of hydrogen-bond acceptors (Lipinski definition) is 5. The third-order valence-corrected chi connectivity index (χ3v) is 5.25. The van der Waals surface area contributed by atoms with E-state index in [0.717, 1.165) is 37.1 Å². The highest BCUT2D eigenvalue weighted by molar-refractivity contribution is 5.22. The average Bonchev–Trinajstić information content (AvgIpc) is 3.21. The first kappa shape index (κ1) is 19.5. The summed E-state index contributed by atoms with van der Waals surface area (Å²) in [7, 11) is 0. The summed E-state index contributed by atoms with van der Waals surface area (Å²) in [4.78, 5) is 6.42. The number of nitrogens with zero attached hydrogens (tertiary/aromatic N) is 2. The fourth-order valence-corrected chi connectivity index (χ4v) is 3.90. The smallest absolute Gasteiger partial charge is 0.167 e. The molecule has 0 amide bonds.